The molecule has 1 rings (SSSR count). The molecule has 0 aliphatic heterocycles. The summed E-state index contributed by atoms with van der Waals surface area (Å²) < 4.78 is 0. The zero-order valence-electron chi connectivity index (χ0n) is 14.3. The smallest absolute Gasteiger partial charge is 0.313 e. The minimum atomic E-state index is -0.752. The molecule has 6 heteroatoms. The Kier molecular flexibility index (Phi) is 6.75. The molecule has 23 heavy (non-hydrogen) atoms. The summed E-state index contributed by atoms with van der Waals surface area (Å²) in [5.74, 6) is -1.58. The average molecular weight is 319 g/mol. The van der Waals surface area contributed by atoms with Gasteiger partial charge in [-0.2, -0.15) is 0 Å². The highest BCUT2D eigenvalue weighted by Crippen LogP contribution is 2.23. The topological polar surface area (TPSA) is 78.5 Å². The van der Waals surface area contributed by atoms with E-state index in [4.69, 9.17) is 0 Å². The van der Waals surface area contributed by atoms with Crippen LogP contribution in [0.25, 0.3) is 0 Å². The maximum Gasteiger partial charge on any atom is 0.313 e. The van der Waals surface area contributed by atoms with Crippen molar-refractivity contribution in [2.45, 2.75) is 39.7 Å². The molecule has 1 aromatic carbocycles. The van der Waals surface area contributed by atoms with E-state index in [1.807, 2.05) is 39.8 Å². The van der Waals surface area contributed by atoms with E-state index in [1.165, 1.54) is 7.05 Å². The Morgan fingerprint density at radius 2 is 1.70 bits per heavy atom. The molecule has 0 fully saturated rings. The van der Waals surface area contributed by atoms with E-state index < -0.39 is 11.8 Å². The number of amides is 3. The fraction of sp³-hybridized carbons (Fsp3) is 0.471. The predicted octanol–water partition coefficient (Wildman–Crippen LogP) is 1.73. The van der Waals surface area contributed by atoms with Gasteiger partial charge in [0.15, 0.2) is 0 Å². The molecule has 0 bridgehead atoms. The minimum Gasteiger partial charge on any atom is -0.352 e. The maximum atomic E-state index is 12.1. The van der Waals surface area contributed by atoms with Crippen molar-refractivity contribution in [2.75, 3.05) is 18.9 Å². The Bertz CT molecular complexity index is 582. The third-order valence-electron chi connectivity index (χ3n) is 3.20. The summed E-state index contributed by atoms with van der Waals surface area (Å²) in [6.07, 6.45) is 0. The number of benzene rings is 1. The third-order valence-corrected chi connectivity index (χ3v) is 3.20. The molecule has 0 saturated heterocycles. The van der Waals surface area contributed by atoms with Gasteiger partial charge in [-0.3, -0.25) is 14.4 Å². The summed E-state index contributed by atoms with van der Waals surface area (Å²) in [7, 11) is 1.43. The van der Waals surface area contributed by atoms with Crippen molar-refractivity contribution in [2.24, 2.45) is 0 Å². The van der Waals surface area contributed by atoms with Crippen molar-refractivity contribution in [3.05, 3.63) is 29.8 Å². The molecule has 2 N–H and O–H groups in total. The number of hydrogen-bond acceptors (Lipinski definition) is 3. The first-order chi connectivity index (χ1) is 10.7. The number of hydrogen-bond donors (Lipinski definition) is 2. The molecule has 0 aliphatic rings. The SMILES string of the molecule is CC(C)NC(=O)CN(C)C(=O)C(=O)Nc1ccccc1C(C)C. The first-order valence-electron chi connectivity index (χ1n) is 7.67. The third kappa shape index (κ3) is 5.73. The van der Waals surface area contributed by atoms with Gasteiger partial charge in [-0.05, 0) is 31.4 Å². The molecule has 0 radical (unpaired) electrons. The van der Waals surface area contributed by atoms with E-state index in [0.29, 0.717) is 5.69 Å². The van der Waals surface area contributed by atoms with Crippen molar-refractivity contribution in [1.82, 2.24) is 10.2 Å². The maximum absolute atomic E-state index is 12.1. The number of para-hydroxylation sites is 1. The van der Waals surface area contributed by atoms with Crippen LogP contribution in [0.4, 0.5) is 5.69 Å². The molecular formula is C17H25N3O3. The van der Waals surface area contributed by atoms with Gasteiger partial charge in [0.05, 0.1) is 6.54 Å². The number of carbonyl (C=O) groups excluding carboxylic acids is 3. The van der Waals surface area contributed by atoms with Crippen molar-refractivity contribution < 1.29 is 14.4 Å². The van der Waals surface area contributed by atoms with Crippen molar-refractivity contribution in [1.29, 1.82) is 0 Å². The molecule has 0 atom stereocenters. The van der Waals surface area contributed by atoms with Crippen LogP contribution in [0, 0.1) is 0 Å². The Balaban J connectivity index is 2.71. The van der Waals surface area contributed by atoms with Crippen LogP contribution >= 0.6 is 0 Å². The number of rotatable bonds is 5. The quantitative estimate of drug-likeness (QED) is 0.811. The van der Waals surface area contributed by atoms with Gasteiger partial charge < -0.3 is 15.5 Å². The Morgan fingerprint density at radius 1 is 1.09 bits per heavy atom. The van der Waals surface area contributed by atoms with Crippen LogP contribution < -0.4 is 10.6 Å². The van der Waals surface area contributed by atoms with Gasteiger partial charge in [0.2, 0.25) is 5.91 Å². The predicted molar refractivity (Wildman–Crippen MR) is 90.1 cm³/mol. The van der Waals surface area contributed by atoms with E-state index in [1.54, 1.807) is 12.1 Å². The first-order valence-corrected chi connectivity index (χ1v) is 7.67. The number of likely N-dealkylation sites (N-methyl/N-ethyl adjacent to an activating group) is 1. The van der Waals surface area contributed by atoms with Gasteiger partial charge >= 0.3 is 11.8 Å². The monoisotopic (exact) mass is 319 g/mol. The molecule has 1 aromatic rings. The van der Waals surface area contributed by atoms with Crippen LogP contribution in [0.15, 0.2) is 24.3 Å². The van der Waals surface area contributed by atoms with E-state index in [0.717, 1.165) is 10.5 Å². The summed E-state index contributed by atoms with van der Waals surface area (Å²) in [5.41, 5.74) is 1.56. The van der Waals surface area contributed by atoms with Crippen molar-refractivity contribution >= 4 is 23.4 Å². The molecule has 6 nitrogen and oxygen atoms in total. The second-order valence-corrected chi connectivity index (χ2v) is 6.08. The molecule has 126 valence electrons. The molecular weight excluding hydrogens is 294 g/mol. The zero-order chi connectivity index (χ0) is 17.6. The lowest BCUT2D eigenvalue weighted by Crippen LogP contribution is -2.44. The highest BCUT2D eigenvalue weighted by atomic mass is 16.2. The number of nitrogens with zero attached hydrogens (tertiary/aromatic N) is 1. The van der Waals surface area contributed by atoms with E-state index in [2.05, 4.69) is 10.6 Å². The largest absolute Gasteiger partial charge is 0.352 e. The van der Waals surface area contributed by atoms with Crippen molar-refractivity contribution in [3.8, 4) is 0 Å². The fourth-order valence-electron chi connectivity index (χ4n) is 2.12. The highest BCUT2D eigenvalue weighted by molar-refractivity contribution is 6.39. The second-order valence-electron chi connectivity index (χ2n) is 6.08. The Morgan fingerprint density at radius 3 is 2.26 bits per heavy atom. The van der Waals surface area contributed by atoms with Gasteiger partial charge in [0.25, 0.3) is 0 Å². The lowest BCUT2D eigenvalue weighted by atomic mass is 10.0. The molecule has 0 aliphatic carbocycles. The molecule has 0 unspecified atom stereocenters. The zero-order valence-corrected chi connectivity index (χ0v) is 14.3. The summed E-state index contributed by atoms with van der Waals surface area (Å²) in [6.45, 7) is 7.52. The lowest BCUT2D eigenvalue weighted by molar-refractivity contribution is -0.143. The number of anilines is 1. The van der Waals surface area contributed by atoms with Crippen molar-refractivity contribution in [3.63, 3.8) is 0 Å². The summed E-state index contributed by atoms with van der Waals surface area (Å²) >= 11 is 0. The van der Waals surface area contributed by atoms with E-state index in [-0.39, 0.29) is 24.4 Å². The van der Waals surface area contributed by atoms with E-state index >= 15 is 0 Å². The minimum absolute atomic E-state index is 0.0160. The lowest BCUT2D eigenvalue weighted by Gasteiger charge is -2.18. The summed E-state index contributed by atoms with van der Waals surface area (Å²) in [6, 6.07) is 7.33. The Hall–Kier alpha value is -2.37. The second kappa shape index (κ2) is 8.31. The average Bonchev–Trinajstić information content (AvgIpc) is 2.45. The van der Waals surface area contributed by atoms with Crippen LogP contribution in [0.2, 0.25) is 0 Å². The van der Waals surface area contributed by atoms with Gasteiger partial charge in [0, 0.05) is 18.8 Å². The summed E-state index contributed by atoms with van der Waals surface area (Å²) in [5, 5.41) is 5.30. The molecule has 0 aromatic heterocycles. The number of carbonyl (C=O) groups is 3. The molecule has 0 heterocycles. The molecule has 0 saturated carbocycles. The first kappa shape index (κ1) is 18.7. The van der Waals surface area contributed by atoms with Crippen LogP contribution in [0.1, 0.15) is 39.2 Å². The number of nitrogens with one attached hydrogen (secondary N) is 2. The molecule has 0 spiro atoms. The normalized spacial score (nSPS) is 10.6. The van der Waals surface area contributed by atoms with Crippen LogP contribution in [0.3, 0.4) is 0 Å². The van der Waals surface area contributed by atoms with Crippen LogP contribution in [0.5, 0.6) is 0 Å². The van der Waals surface area contributed by atoms with Crippen LogP contribution in [-0.2, 0) is 14.4 Å². The van der Waals surface area contributed by atoms with Gasteiger partial charge in [-0.1, -0.05) is 32.0 Å². The molecule has 3 amide bonds. The van der Waals surface area contributed by atoms with Crippen LogP contribution in [-0.4, -0.2) is 42.3 Å². The standard InChI is InChI=1S/C17H25N3O3/c1-11(2)13-8-6-7-9-14(13)19-16(22)17(23)20(5)10-15(21)18-12(3)4/h6-9,11-12H,10H2,1-5H3,(H,18,21)(H,19,22). The fourth-order valence-corrected chi connectivity index (χ4v) is 2.12. The van der Waals surface area contributed by atoms with Gasteiger partial charge in [-0.25, -0.2) is 0 Å². The summed E-state index contributed by atoms with van der Waals surface area (Å²) in [4.78, 5) is 36.9. The van der Waals surface area contributed by atoms with Gasteiger partial charge in [-0.15, -0.1) is 0 Å². The highest BCUT2D eigenvalue weighted by Gasteiger charge is 2.22. The van der Waals surface area contributed by atoms with E-state index in [9.17, 15) is 14.4 Å². The Labute approximate surface area is 137 Å². The van der Waals surface area contributed by atoms with Gasteiger partial charge in [0.1, 0.15) is 0 Å².